The maximum atomic E-state index is 13.7. The van der Waals surface area contributed by atoms with Crippen molar-refractivity contribution in [3.05, 3.63) is 87.4 Å². The molecular weight excluding hydrogens is 462 g/mol. The minimum absolute atomic E-state index is 0.133. The third-order valence-corrected chi connectivity index (χ3v) is 7.79. The van der Waals surface area contributed by atoms with Crippen LogP contribution in [0.3, 0.4) is 0 Å². The summed E-state index contributed by atoms with van der Waals surface area (Å²) in [5.74, 6) is 0.507. The molecule has 8 heteroatoms. The molecule has 2 atom stereocenters. The average Bonchev–Trinajstić information content (AvgIpc) is 3.62. The Morgan fingerprint density at radius 3 is 2.66 bits per heavy atom. The van der Waals surface area contributed by atoms with Crippen LogP contribution in [0.5, 0.6) is 5.75 Å². The van der Waals surface area contributed by atoms with E-state index in [0.29, 0.717) is 24.7 Å². The first-order chi connectivity index (χ1) is 17.1. The highest BCUT2D eigenvalue weighted by Crippen LogP contribution is 2.55. The summed E-state index contributed by atoms with van der Waals surface area (Å²) in [6.07, 6.45) is 0. The molecule has 4 aromatic rings. The Kier molecular flexibility index (Phi) is 5.25. The van der Waals surface area contributed by atoms with E-state index in [2.05, 4.69) is 27.0 Å². The number of nitrogens with one attached hydrogen (secondary N) is 1. The molecule has 178 valence electrons. The summed E-state index contributed by atoms with van der Waals surface area (Å²) in [7, 11) is 1.63. The van der Waals surface area contributed by atoms with Gasteiger partial charge in [0.25, 0.3) is 5.91 Å². The molecule has 0 spiro atoms. The molecule has 2 unspecified atom stereocenters. The fourth-order valence-corrected chi connectivity index (χ4v) is 5.98. The van der Waals surface area contributed by atoms with Crippen molar-refractivity contribution < 1.29 is 19.4 Å². The van der Waals surface area contributed by atoms with Crippen molar-refractivity contribution in [2.45, 2.75) is 18.4 Å². The molecule has 0 radical (unpaired) electrons. The molecule has 0 fully saturated rings. The van der Waals surface area contributed by atoms with E-state index >= 15 is 0 Å². The molecule has 2 aromatic carbocycles. The van der Waals surface area contributed by atoms with Gasteiger partial charge in [-0.05, 0) is 58.6 Å². The quantitative estimate of drug-likeness (QED) is 0.374. The Bertz CT molecular complexity index is 1400. The van der Waals surface area contributed by atoms with Crippen molar-refractivity contribution >= 4 is 22.9 Å². The van der Waals surface area contributed by atoms with E-state index in [1.165, 1.54) is 0 Å². The smallest absolute Gasteiger partial charge is 0.280 e. The van der Waals surface area contributed by atoms with E-state index < -0.39 is 11.5 Å². The number of hydrogen-bond acceptors (Lipinski definition) is 6. The van der Waals surface area contributed by atoms with Gasteiger partial charge in [-0.3, -0.25) is 14.8 Å². The van der Waals surface area contributed by atoms with Gasteiger partial charge in [0.15, 0.2) is 5.69 Å². The lowest BCUT2D eigenvalue weighted by Crippen LogP contribution is -2.39. The third-order valence-electron chi connectivity index (χ3n) is 7.10. The van der Waals surface area contributed by atoms with E-state index in [1.807, 2.05) is 49.4 Å². The molecule has 1 amide bonds. The van der Waals surface area contributed by atoms with Crippen LogP contribution in [0.15, 0.2) is 59.3 Å². The van der Waals surface area contributed by atoms with Gasteiger partial charge >= 0.3 is 0 Å². The molecule has 7 nitrogen and oxygen atoms in total. The van der Waals surface area contributed by atoms with Crippen molar-refractivity contribution in [3.63, 3.8) is 0 Å². The lowest BCUT2D eigenvalue weighted by Gasteiger charge is -2.40. The number of aliphatic hydroxyl groups is 1. The molecular formula is C27H25N3O4S. The second kappa shape index (κ2) is 8.34. The van der Waals surface area contributed by atoms with Crippen LogP contribution in [0.2, 0.25) is 0 Å². The number of carbonyl (C=O) groups excluding carboxylic acids is 1. The van der Waals surface area contributed by atoms with Gasteiger partial charge in [-0.15, -0.1) is 0 Å². The Morgan fingerprint density at radius 1 is 1.11 bits per heavy atom. The highest BCUT2D eigenvalue weighted by molar-refractivity contribution is 7.08. The number of aliphatic hydroxyl groups excluding tert-OH is 1. The monoisotopic (exact) mass is 487 g/mol. The minimum Gasteiger partial charge on any atom is -0.491 e. The summed E-state index contributed by atoms with van der Waals surface area (Å²) in [6, 6.07) is 15.5. The van der Waals surface area contributed by atoms with Gasteiger partial charge in [0.2, 0.25) is 0 Å². The summed E-state index contributed by atoms with van der Waals surface area (Å²) in [5, 5.41) is 22.2. The standard InChI is InChI=1S/C27H25N3O4S/c1-27(15-31)19-4-3-5-20(34-12-11-33-2)21(19)24-22-23(28-29-25(22)27)26(32)30(24)18-8-6-16(7-9-18)17-10-13-35-14-17/h3-10,13-14,24,31H,11-12,15H2,1-2H3,(H,28,29). The second-order valence-electron chi connectivity index (χ2n) is 9.05. The van der Waals surface area contributed by atoms with Crippen LogP contribution in [0.1, 0.15) is 45.8 Å². The maximum Gasteiger partial charge on any atom is 0.280 e. The van der Waals surface area contributed by atoms with Crippen LogP contribution in [0, 0.1) is 0 Å². The summed E-state index contributed by atoms with van der Waals surface area (Å²) < 4.78 is 11.3. The van der Waals surface area contributed by atoms with Crippen molar-refractivity contribution in [1.29, 1.82) is 0 Å². The van der Waals surface area contributed by atoms with E-state index in [9.17, 15) is 9.90 Å². The molecule has 6 rings (SSSR count). The summed E-state index contributed by atoms with van der Waals surface area (Å²) in [5.41, 5.74) is 6.06. The predicted octanol–water partition coefficient (Wildman–Crippen LogP) is 4.52. The van der Waals surface area contributed by atoms with Crippen LogP contribution >= 0.6 is 11.3 Å². The second-order valence-corrected chi connectivity index (χ2v) is 9.83. The van der Waals surface area contributed by atoms with Gasteiger partial charge in [-0.25, -0.2) is 0 Å². The summed E-state index contributed by atoms with van der Waals surface area (Å²) >= 11 is 1.65. The number of methoxy groups -OCH3 is 1. The number of aromatic nitrogens is 2. The predicted molar refractivity (Wildman–Crippen MR) is 134 cm³/mol. The van der Waals surface area contributed by atoms with Crippen LogP contribution in [-0.2, 0) is 10.2 Å². The average molecular weight is 488 g/mol. The van der Waals surface area contributed by atoms with E-state index in [-0.39, 0.29) is 12.5 Å². The van der Waals surface area contributed by atoms with Gasteiger partial charge in [-0.1, -0.05) is 24.3 Å². The maximum absolute atomic E-state index is 13.7. The summed E-state index contributed by atoms with van der Waals surface area (Å²) in [4.78, 5) is 15.5. The number of H-pyrrole nitrogens is 1. The zero-order valence-electron chi connectivity index (χ0n) is 19.4. The Labute approximate surface area is 206 Å². The number of hydrogen-bond donors (Lipinski definition) is 2. The van der Waals surface area contributed by atoms with Gasteiger partial charge in [-0.2, -0.15) is 16.4 Å². The number of carbonyl (C=O) groups is 1. The van der Waals surface area contributed by atoms with E-state index in [1.54, 1.807) is 23.3 Å². The number of benzene rings is 2. The van der Waals surface area contributed by atoms with Crippen molar-refractivity contribution in [3.8, 4) is 16.9 Å². The Hall–Kier alpha value is -3.46. The lowest BCUT2D eigenvalue weighted by atomic mass is 9.69. The SMILES string of the molecule is COCCOc1cccc2c1C1c3c(n[nH]c3C2(C)CO)C(=O)N1c1ccc(-c2ccsc2)cc1. The number of ether oxygens (including phenoxy) is 2. The van der Waals surface area contributed by atoms with E-state index in [0.717, 1.165) is 39.2 Å². The first-order valence-corrected chi connectivity index (χ1v) is 12.4. The molecule has 0 bridgehead atoms. The highest BCUT2D eigenvalue weighted by Gasteiger charge is 2.53. The Balaban J connectivity index is 1.51. The van der Waals surface area contributed by atoms with E-state index in [4.69, 9.17) is 9.47 Å². The molecule has 1 aliphatic carbocycles. The summed E-state index contributed by atoms with van der Waals surface area (Å²) in [6.45, 7) is 2.66. The third kappa shape index (κ3) is 3.17. The van der Waals surface area contributed by atoms with Crippen molar-refractivity contribution in [1.82, 2.24) is 10.2 Å². The number of rotatable bonds is 7. The lowest BCUT2D eigenvalue weighted by molar-refractivity contribution is 0.0988. The molecule has 0 saturated carbocycles. The van der Waals surface area contributed by atoms with Crippen LogP contribution in [0.25, 0.3) is 11.1 Å². The topological polar surface area (TPSA) is 87.7 Å². The number of nitrogens with zero attached hydrogens (tertiary/aromatic N) is 2. The van der Waals surface area contributed by atoms with Crippen LogP contribution in [0.4, 0.5) is 5.69 Å². The molecule has 0 saturated heterocycles. The molecule has 35 heavy (non-hydrogen) atoms. The number of anilines is 1. The van der Waals surface area contributed by atoms with Gasteiger partial charge in [0, 0.05) is 23.9 Å². The largest absolute Gasteiger partial charge is 0.491 e. The normalized spacial score (nSPS) is 20.1. The molecule has 2 aliphatic rings. The number of thiophene rings is 1. The zero-order valence-corrected chi connectivity index (χ0v) is 20.3. The first kappa shape index (κ1) is 22.0. The van der Waals surface area contributed by atoms with Crippen LogP contribution < -0.4 is 9.64 Å². The zero-order chi connectivity index (χ0) is 24.2. The first-order valence-electron chi connectivity index (χ1n) is 11.5. The van der Waals surface area contributed by atoms with Gasteiger partial charge < -0.3 is 14.6 Å². The fraction of sp³-hybridized carbons (Fsp3) is 0.259. The molecule has 1 aliphatic heterocycles. The van der Waals surface area contributed by atoms with Crippen molar-refractivity contribution in [2.24, 2.45) is 0 Å². The van der Waals surface area contributed by atoms with Gasteiger partial charge in [0.05, 0.1) is 30.4 Å². The highest BCUT2D eigenvalue weighted by atomic mass is 32.1. The van der Waals surface area contributed by atoms with Gasteiger partial charge in [0.1, 0.15) is 12.4 Å². The Morgan fingerprint density at radius 2 is 1.94 bits per heavy atom. The van der Waals surface area contributed by atoms with Crippen LogP contribution in [-0.4, -0.2) is 48.1 Å². The van der Waals surface area contributed by atoms with Crippen molar-refractivity contribution in [2.75, 3.05) is 31.8 Å². The molecule has 2 aromatic heterocycles. The minimum atomic E-state index is -0.744. The molecule has 2 N–H and O–H groups in total. The number of aromatic amines is 1. The molecule has 3 heterocycles. The number of amides is 1. The number of fused-ring (bicyclic) bond motifs is 2. The fourth-order valence-electron chi connectivity index (χ4n) is 5.31.